The van der Waals surface area contributed by atoms with Crippen molar-refractivity contribution in [2.24, 2.45) is 0 Å². The Bertz CT molecular complexity index is 299. The van der Waals surface area contributed by atoms with Crippen molar-refractivity contribution in [1.29, 1.82) is 0 Å². The Morgan fingerprint density at radius 3 is 2.73 bits per heavy atom. The molecule has 0 saturated heterocycles. The minimum atomic E-state index is -0.118. The first-order chi connectivity index (χ1) is 5.15. The minimum absolute atomic E-state index is 0.0624. The molecule has 4 heteroatoms. The first-order valence-electron chi connectivity index (χ1n) is 3.00. The second-order valence-electron chi connectivity index (χ2n) is 2.00. The molecule has 0 fully saturated rings. The van der Waals surface area contributed by atoms with Crippen molar-refractivity contribution in [3.05, 3.63) is 23.3 Å². The fourth-order valence-electron chi connectivity index (χ4n) is 0.695. The molecule has 0 bridgehead atoms. The first-order valence-corrected chi connectivity index (χ1v) is 3.38. The van der Waals surface area contributed by atoms with Crippen LogP contribution in [0.15, 0.2) is 6.58 Å². The number of hydrogen-bond donors (Lipinski definition) is 1. The van der Waals surface area contributed by atoms with Gasteiger partial charge < -0.3 is 5.11 Å². The number of rotatable bonds is 1. The Hall–Kier alpha value is -1.09. The van der Waals surface area contributed by atoms with Gasteiger partial charge in [-0.15, -0.1) is 0 Å². The summed E-state index contributed by atoms with van der Waals surface area (Å²) in [6, 6.07) is 0. The second kappa shape index (κ2) is 2.88. The molecular formula is C7H7ClN2O. The van der Waals surface area contributed by atoms with Crippen molar-refractivity contribution in [2.45, 2.75) is 6.92 Å². The van der Waals surface area contributed by atoms with Crippen LogP contribution >= 0.6 is 11.6 Å². The zero-order chi connectivity index (χ0) is 8.43. The number of aryl methyl sites for hydroxylation is 1. The maximum absolute atomic E-state index is 9.19. The van der Waals surface area contributed by atoms with E-state index in [9.17, 15) is 5.11 Å². The highest BCUT2D eigenvalue weighted by Crippen LogP contribution is 2.24. The minimum Gasteiger partial charge on any atom is -0.503 e. The lowest BCUT2D eigenvalue weighted by Gasteiger charge is -2.00. The second-order valence-corrected chi connectivity index (χ2v) is 2.36. The normalized spacial score (nSPS) is 9.64. The molecule has 1 aromatic rings. The van der Waals surface area contributed by atoms with E-state index in [1.807, 2.05) is 0 Å². The third-order valence-electron chi connectivity index (χ3n) is 1.17. The molecule has 1 rings (SSSR count). The van der Waals surface area contributed by atoms with Crippen LogP contribution in [0.1, 0.15) is 11.5 Å². The predicted molar refractivity (Wildman–Crippen MR) is 43.5 cm³/mol. The summed E-state index contributed by atoms with van der Waals surface area (Å²) in [5.74, 6) is 0.398. The van der Waals surface area contributed by atoms with Gasteiger partial charge in [-0.1, -0.05) is 18.2 Å². The number of aromatic hydroxyl groups is 1. The summed E-state index contributed by atoms with van der Waals surface area (Å²) in [5, 5.41) is 9.26. The molecule has 0 aliphatic rings. The molecule has 0 aliphatic carbocycles. The van der Waals surface area contributed by atoms with E-state index in [1.54, 1.807) is 6.92 Å². The number of hydrogen-bond acceptors (Lipinski definition) is 3. The van der Waals surface area contributed by atoms with E-state index in [0.717, 1.165) is 0 Å². The molecule has 0 aliphatic heterocycles. The molecule has 0 unspecified atom stereocenters. The lowest BCUT2D eigenvalue weighted by molar-refractivity contribution is 0.467. The third kappa shape index (κ3) is 1.49. The van der Waals surface area contributed by atoms with Crippen LogP contribution in [0.2, 0.25) is 5.15 Å². The van der Waals surface area contributed by atoms with Crippen molar-refractivity contribution >= 4 is 17.7 Å². The average molecular weight is 171 g/mol. The van der Waals surface area contributed by atoms with E-state index in [0.29, 0.717) is 11.5 Å². The topological polar surface area (TPSA) is 46.0 Å². The third-order valence-corrected chi connectivity index (χ3v) is 1.44. The largest absolute Gasteiger partial charge is 0.503 e. The quantitative estimate of drug-likeness (QED) is 0.654. The standard InChI is InChI=1S/C7H7ClN2O/c1-3-5-6(11)7(8)10-4(2)9-5/h3,11H,1H2,2H3. The number of nitrogens with zero attached hydrogens (tertiary/aromatic N) is 2. The highest BCUT2D eigenvalue weighted by Gasteiger charge is 2.05. The van der Waals surface area contributed by atoms with Crippen molar-refractivity contribution < 1.29 is 5.11 Å². The molecule has 11 heavy (non-hydrogen) atoms. The molecule has 0 aromatic carbocycles. The van der Waals surface area contributed by atoms with Gasteiger partial charge >= 0.3 is 0 Å². The van der Waals surface area contributed by atoms with Crippen molar-refractivity contribution in [3.63, 3.8) is 0 Å². The lowest BCUT2D eigenvalue weighted by atomic mass is 10.3. The summed E-state index contributed by atoms with van der Waals surface area (Å²) < 4.78 is 0. The van der Waals surface area contributed by atoms with Crippen LogP contribution in [-0.2, 0) is 0 Å². The van der Waals surface area contributed by atoms with Gasteiger partial charge in [0, 0.05) is 0 Å². The van der Waals surface area contributed by atoms with E-state index in [1.165, 1.54) is 6.08 Å². The van der Waals surface area contributed by atoms with Gasteiger partial charge in [0.05, 0.1) is 0 Å². The van der Waals surface area contributed by atoms with Crippen LogP contribution < -0.4 is 0 Å². The highest BCUT2D eigenvalue weighted by molar-refractivity contribution is 6.30. The average Bonchev–Trinajstić information content (AvgIpc) is 1.96. The monoisotopic (exact) mass is 170 g/mol. The van der Waals surface area contributed by atoms with Crippen LogP contribution in [-0.4, -0.2) is 15.1 Å². The van der Waals surface area contributed by atoms with Crippen LogP contribution in [0.25, 0.3) is 6.08 Å². The molecule has 0 radical (unpaired) electrons. The first kappa shape index (κ1) is 8.01. The van der Waals surface area contributed by atoms with Crippen LogP contribution in [0, 0.1) is 6.92 Å². The van der Waals surface area contributed by atoms with Gasteiger partial charge in [-0.2, -0.15) is 0 Å². The van der Waals surface area contributed by atoms with Gasteiger partial charge in [-0.3, -0.25) is 0 Å². The Morgan fingerprint density at radius 2 is 2.18 bits per heavy atom. The van der Waals surface area contributed by atoms with Crippen LogP contribution in [0.3, 0.4) is 0 Å². The van der Waals surface area contributed by atoms with Crippen LogP contribution in [0.5, 0.6) is 5.75 Å². The summed E-state index contributed by atoms with van der Waals surface area (Å²) in [4.78, 5) is 7.63. The molecule has 0 spiro atoms. The lowest BCUT2D eigenvalue weighted by Crippen LogP contribution is -1.91. The van der Waals surface area contributed by atoms with Crippen molar-refractivity contribution in [2.75, 3.05) is 0 Å². The predicted octanol–water partition coefficient (Wildman–Crippen LogP) is 1.79. The highest BCUT2D eigenvalue weighted by atomic mass is 35.5. The molecule has 1 aromatic heterocycles. The summed E-state index contributed by atoms with van der Waals surface area (Å²) in [7, 11) is 0. The SMILES string of the molecule is C=Cc1nc(C)nc(Cl)c1O. The summed E-state index contributed by atoms with van der Waals surface area (Å²) in [5.41, 5.74) is 0.363. The molecule has 58 valence electrons. The zero-order valence-electron chi connectivity index (χ0n) is 6.00. The molecule has 1 heterocycles. The zero-order valence-corrected chi connectivity index (χ0v) is 6.76. The molecule has 1 N–H and O–H groups in total. The maximum Gasteiger partial charge on any atom is 0.179 e. The van der Waals surface area contributed by atoms with E-state index in [-0.39, 0.29) is 10.9 Å². The molecule has 0 atom stereocenters. The number of aromatic nitrogens is 2. The smallest absolute Gasteiger partial charge is 0.179 e. The van der Waals surface area contributed by atoms with E-state index in [4.69, 9.17) is 11.6 Å². The number of halogens is 1. The Balaban J connectivity index is 3.35. The van der Waals surface area contributed by atoms with E-state index in [2.05, 4.69) is 16.5 Å². The fraction of sp³-hybridized carbons (Fsp3) is 0.143. The molecule has 0 saturated carbocycles. The summed E-state index contributed by atoms with van der Waals surface area (Å²) >= 11 is 5.55. The maximum atomic E-state index is 9.19. The van der Waals surface area contributed by atoms with Gasteiger partial charge in [0.15, 0.2) is 10.9 Å². The molecule has 3 nitrogen and oxygen atoms in total. The van der Waals surface area contributed by atoms with E-state index >= 15 is 0 Å². The van der Waals surface area contributed by atoms with Gasteiger partial charge in [-0.05, 0) is 13.0 Å². The van der Waals surface area contributed by atoms with Crippen molar-refractivity contribution in [1.82, 2.24) is 9.97 Å². The summed E-state index contributed by atoms with van der Waals surface area (Å²) in [6.07, 6.45) is 1.43. The molecule has 0 amide bonds. The fourth-order valence-corrected chi connectivity index (χ4v) is 0.914. The van der Waals surface area contributed by atoms with Gasteiger partial charge in [0.1, 0.15) is 11.5 Å². The van der Waals surface area contributed by atoms with E-state index < -0.39 is 0 Å². The van der Waals surface area contributed by atoms with Gasteiger partial charge in [0.25, 0.3) is 0 Å². The Labute approximate surface area is 69.4 Å². The Morgan fingerprint density at radius 1 is 1.55 bits per heavy atom. The van der Waals surface area contributed by atoms with Gasteiger partial charge in [-0.25, -0.2) is 9.97 Å². The Kier molecular flexibility index (Phi) is 2.10. The van der Waals surface area contributed by atoms with Crippen molar-refractivity contribution in [3.8, 4) is 5.75 Å². The summed E-state index contributed by atoms with van der Waals surface area (Å²) in [6.45, 7) is 5.16. The van der Waals surface area contributed by atoms with Gasteiger partial charge in [0.2, 0.25) is 0 Å². The van der Waals surface area contributed by atoms with Crippen LogP contribution in [0.4, 0.5) is 0 Å². The molecular weight excluding hydrogens is 164 g/mol.